The molecule has 3 aliphatic heterocycles. The first-order valence-corrected chi connectivity index (χ1v) is 14.3. The van der Waals surface area contributed by atoms with Crippen LogP contribution < -0.4 is 15.4 Å². The van der Waals surface area contributed by atoms with Gasteiger partial charge in [0.25, 0.3) is 0 Å². The molecule has 2 aromatic carbocycles. The average Bonchev–Trinajstić information content (AvgIpc) is 3.58. The van der Waals surface area contributed by atoms with Gasteiger partial charge in [0, 0.05) is 25.4 Å². The molecule has 0 saturated carbocycles. The number of nitrogens with zero attached hydrogens (tertiary/aromatic N) is 1. The molecule has 2 bridgehead atoms. The molecular weight excluding hydrogens is 510 g/mol. The van der Waals surface area contributed by atoms with E-state index in [9.17, 15) is 19.5 Å². The van der Waals surface area contributed by atoms with E-state index in [1.165, 1.54) is 0 Å². The highest BCUT2D eigenvalue weighted by Crippen LogP contribution is 2.64. The lowest BCUT2D eigenvalue weighted by atomic mass is 9.65. The number of unbranched alkanes of at least 4 members (excludes halogenated alkanes) is 2. The van der Waals surface area contributed by atoms with E-state index in [1.807, 2.05) is 37.3 Å². The fourth-order valence-corrected chi connectivity index (χ4v) is 7.01. The largest absolute Gasteiger partial charge is 0.497 e. The van der Waals surface area contributed by atoms with E-state index in [1.54, 1.807) is 36.3 Å². The molecule has 2 aromatic rings. The third-order valence-electron chi connectivity index (χ3n) is 8.94. The van der Waals surface area contributed by atoms with Crippen LogP contribution >= 0.6 is 0 Å². The van der Waals surface area contributed by atoms with Gasteiger partial charge < -0.3 is 30.1 Å². The van der Waals surface area contributed by atoms with E-state index < -0.39 is 29.1 Å². The maximum Gasteiger partial charge on any atom is 0.250 e. The van der Waals surface area contributed by atoms with Gasteiger partial charge in [-0.25, -0.2) is 0 Å². The summed E-state index contributed by atoms with van der Waals surface area (Å²) in [7, 11) is 1.58. The molecule has 0 aliphatic carbocycles. The second-order valence-corrected chi connectivity index (χ2v) is 11.1. The molecule has 0 radical (unpaired) electrons. The summed E-state index contributed by atoms with van der Waals surface area (Å²) < 4.78 is 12.0. The molecule has 9 nitrogen and oxygen atoms in total. The van der Waals surface area contributed by atoms with Gasteiger partial charge in [0.1, 0.15) is 17.4 Å². The number of benzene rings is 2. The average molecular weight is 550 g/mol. The van der Waals surface area contributed by atoms with E-state index in [0.29, 0.717) is 56.6 Å². The summed E-state index contributed by atoms with van der Waals surface area (Å²) in [6.07, 6.45) is 3.72. The Balaban J connectivity index is 1.44. The highest BCUT2D eigenvalue weighted by molar-refractivity contribution is 6.03. The van der Waals surface area contributed by atoms with Crippen molar-refractivity contribution in [3.8, 4) is 5.75 Å². The minimum atomic E-state index is -1.07. The number of nitrogens with one attached hydrogen (secondary N) is 2. The van der Waals surface area contributed by atoms with Crippen LogP contribution in [0.15, 0.2) is 54.6 Å². The monoisotopic (exact) mass is 549 g/mol. The third-order valence-corrected chi connectivity index (χ3v) is 8.94. The van der Waals surface area contributed by atoms with Crippen molar-refractivity contribution in [2.45, 2.75) is 69.2 Å². The maximum absolute atomic E-state index is 14.2. The van der Waals surface area contributed by atoms with Gasteiger partial charge in [0.15, 0.2) is 0 Å². The molecule has 3 fully saturated rings. The maximum atomic E-state index is 14.2. The first-order chi connectivity index (χ1) is 19.4. The van der Waals surface area contributed by atoms with Crippen LogP contribution in [0.3, 0.4) is 0 Å². The third kappa shape index (κ3) is 4.86. The normalized spacial score (nSPS) is 28.4. The van der Waals surface area contributed by atoms with Crippen LogP contribution in [0.2, 0.25) is 0 Å². The standard InChI is InChI=1S/C31H39N3O6/c1-3-30-16-17-31(40-30)25(24(30)27(36)32-20-21-10-6-4-7-11-21)29(38)34(18-8-5-9-19-35)26(31)28(37)33-22-12-14-23(39-2)15-13-22/h4,6-7,10-15,24-26,35H,3,5,8-9,16-20H2,1-2H3,(H,32,36)(H,33,37)/t24-,25-,26?,30+,31?/m0/s1. The van der Waals surface area contributed by atoms with Crippen LogP contribution in [-0.4, -0.2) is 65.2 Å². The van der Waals surface area contributed by atoms with E-state index in [-0.39, 0.29) is 24.3 Å². The molecule has 3 heterocycles. The van der Waals surface area contributed by atoms with Crippen molar-refractivity contribution in [1.82, 2.24) is 10.2 Å². The van der Waals surface area contributed by atoms with E-state index in [0.717, 1.165) is 12.0 Å². The van der Waals surface area contributed by atoms with Crippen LogP contribution in [0.25, 0.3) is 0 Å². The summed E-state index contributed by atoms with van der Waals surface area (Å²) in [6, 6.07) is 15.8. The molecule has 3 aliphatic rings. The first kappa shape index (κ1) is 28.1. The van der Waals surface area contributed by atoms with Crippen molar-refractivity contribution < 1.29 is 29.0 Å². The number of carbonyl (C=O) groups is 3. The number of methoxy groups -OCH3 is 1. The second kappa shape index (κ2) is 11.6. The first-order valence-electron chi connectivity index (χ1n) is 14.3. The number of rotatable bonds is 12. The minimum absolute atomic E-state index is 0.0771. The Morgan fingerprint density at radius 3 is 2.48 bits per heavy atom. The molecule has 9 heteroatoms. The zero-order valence-electron chi connectivity index (χ0n) is 23.2. The number of aliphatic hydroxyl groups excluding tert-OH is 1. The highest BCUT2D eigenvalue weighted by Gasteiger charge is 2.78. The van der Waals surface area contributed by atoms with Crippen molar-refractivity contribution in [2.24, 2.45) is 11.8 Å². The Labute approximate surface area is 235 Å². The van der Waals surface area contributed by atoms with Crippen LogP contribution in [-0.2, 0) is 25.7 Å². The molecule has 3 amide bonds. The molecule has 0 aromatic heterocycles. The number of fused-ring (bicyclic) bond motifs is 1. The number of aliphatic hydroxyl groups is 1. The Morgan fingerprint density at radius 1 is 1.05 bits per heavy atom. The topological polar surface area (TPSA) is 117 Å². The summed E-state index contributed by atoms with van der Waals surface area (Å²) in [4.78, 5) is 43.5. The van der Waals surface area contributed by atoms with Crippen molar-refractivity contribution in [1.29, 1.82) is 0 Å². The molecule has 3 saturated heterocycles. The zero-order chi connectivity index (χ0) is 28.3. The molecular formula is C31H39N3O6. The number of hydrogen-bond acceptors (Lipinski definition) is 6. The fourth-order valence-electron chi connectivity index (χ4n) is 7.01. The predicted molar refractivity (Wildman–Crippen MR) is 149 cm³/mol. The summed E-state index contributed by atoms with van der Waals surface area (Å²) in [5.41, 5.74) is -0.300. The number of anilines is 1. The molecule has 5 atom stereocenters. The van der Waals surface area contributed by atoms with E-state index in [2.05, 4.69) is 10.6 Å². The predicted octanol–water partition coefficient (Wildman–Crippen LogP) is 3.27. The summed E-state index contributed by atoms with van der Waals surface area (Å²) >= 11 is 0. The second-order valence-electron chi connectivity index (χ2n) is 11.1. The zero-order valence-corrected chi connectivity index (χ0v) is 23.2. The Morgan fingerprint density at radius 2 is 1.80 bits per heavy atom. The quantitative estimate of drug-likeness (QED) is 0.350. The van der Waals surface area contributed by atoms with Gasteiger partial charge in [-0.1, -0.05) is 37.3 Å². The van der Waals surface area contributed by atoms with Crippen LogP contribution in [0.1, 0.15) is 51.0 Å². The van der Waals surface area contributed by atoms with E-state index in [4.69, 9.17) is 9.47 Å². The van der Waals surface area contributed by atoms with Crippen molar-refractivity contribution in [3.63, 3.8) is 0 Å². The van der Waals surface area contributed by atoms with Crippen LogP contribution in [0.5, 0.6) is 5.75 Å². The highest BCUT2D eigenvalue weighted by atomic mass is 16.5. The summed E-state index contributed by atoms with van der Waals surface area (Å²) in [6.45, 7) is 2.78. The molecule has 2 unspecified atom stereocenters. The number of hydrogen-bond donors (Lipinski definition) is 3. The van der Waals surface area contributed by atoms with Gasteiger partial charge in [-0.15, -0.1) is 0 Å². The molecule has 214 valence electrons. The van der Waals surface area contributed by atoms with Crippen molar-refractivity contribution in [3.05, 3.63) is 60.2 Å². The summed E-state index contributed by atoms with van der Waals surface area (Å²) in [5, 5.41) is 15.3. The smallest absolute Gasteiger partial charge is 0.250 e. The Bertz CT molecular complexity index is 1220. The molecule has 40 heavy (non-hydrogen) atoms. The SMILES string of the molecule is CC[C@]12CCC3(O1)C(C(=O)Nc1ccc(OC)cc1)N(CCCCCO)C(=O)[C@@H]3[C@H]2C(=O)NCc1ccccc1. The number of amides is 3. The molecule has 1 spiro atoms. The van der Waals surface area contributed by atoms with E-state index >= 15 is 0 Å². The van der Waals surface area contributed by atoms with Gasteiger partial charge in [-0.2, -0.15) is 0 Å². The lowest BCUT2D eigenvalue weighted by molar-refractivity contribution is -0.146. The van der Waals surface area contributed by atoms with Gasteiger partial charge in [0.2, 0.25) is 17.7 Å². The van der Waals surface area contributed by atoms with Gasteiger partial charge >= 0.3 is 0 Å². The summed E-state index contributed by atoms with van der Waals surface area (Å²) in [5.74, 6) is -1.47. The van der Waals surface area contributed by atoms with Crippen molar-refractivity contribution in [2.75, 3.05) is 25.6 Å². The number of carbonyl (C=O) groups excluding carboxylic acids is 3. The van der Waals surface area contributed by atoms with Gasteiger partial charge in [-0.3, -0.25) is 14.4 Å². The minimum Gasteiger partial charge on any atom is -0.497 e. The van der Waals surface area contributed by atoms with Crippen molar-refractivity contribution >= 4 is 23.4 Å². The lowest BCUT2D eigenvalue weighted by Crippen LogP contribution is -2.53. The number of likely N-dealkylation sites (tertiary alicyclic amines) is 1. The van der Waals surface area contributed by atoms with Crippen LogP contribution in [0.4, 0.5) is 5.69 Å². The van der Waals surface area contributed by atoms with Crippen LogP contribution in [0, 0.1) is 11.8 Å². The number of ether oxygens (including phenoxy) is 2. The Hall–Kier alpha value is -3.43. The Kier molecular flexibility index (Phi) is 8.14. The molecule has 5 rings (SSSR count). The lowest BCUT2D eigenvalue weighted by Gasteiger charge is -2.34. The fraction of sp³-hybridized carbons (Fsp3) is 0.516. The molecule has 3 N–H and O–H groups in total. The van der Waals surface area contributed by atoms with Gasteiger partial charge in [0.05, 0.1) is 24.5 Å². The van der Waals surface area contributed by atoms with Gasteiger partial charge in [-0.05, 0) is 68.4 Å².